The van der Waals surface area contributed by atoms with Gasteiger partial charge in [-0.2, -0.15) is 0 Å². The van der Waals surface area contributed by atoms with Crippen LogP contribution in [0.2, 0.25) is 0 Å². The third-order valence-electron chi connectivity index (χ3n) is 5.79. The molecule has 0 spiro atoms. The number of fused-ring (bicyclic) bond motifs is 3. The number of anilines is 2. The molecule has 0 unspecified atom stereocenters. The Balaban J connectivity index is 1.32. The van der Waals surface area contributed by atoms with Crippen molar-refractivity contribution in [3.8, 4) is 0 Å². The molecule has 0 bridgehead atoms. The minimum Gasteiger partial charge on any atom is -0.378 e. The molecule has 176 valence electrons. The zero-order valence-corrected chi connectivity index (χ0v) is 19.8. The van der Waals surface area contributed by atoms with Gasteiger partial charge < -0.3 is 15.0 Å². The van der Waals surface area contributed by atoms with Gasteiger partial charge >= 0.3 is 0 Å². The molecule has 10 heteroatoms. The summed E-state index contributed by atoms with van der Waals surface area (Å²) in [5, 5.41) is 12.7. The molecule has 0 atom stereocenters. The van der Waals surface area contributed by atoms with Gasteiger partial charge in [0.15, 0.2) is 5.16 Å². The number of morpholine rings is 1. The summed E-state index contributed by atoms with van der Waals surface area (Å²) in [5.41, 5.74) is 2.53. The predicted molar refractivity (Wildman–Crippen MR) is 134 cm³/mol. The minimum atomic E-state index is -0.132. The molecular formula is C24H26N6O3S. The van der Waals surface area contributed by atoms with Gasteiger partial charge in [0.1, 0.15) is 0 Å². The Morgan fingerprint density at radius 3 is 2.62 bits per heavy atom. The molecule has 34 heavy (non-hydrogen) atoms. The van der Waals surface area contributed by atoms with Crippen molar-refractivity contribution in [1.82, 2.24) is 19.2 Å². The van der Waals surface area contributed by atoms with Crippen LogP contribution in [-0.4, -0.2) is 57.1 Å². The summed E-state index contributed by atoms with van der Waals surface area (Å²) in [6.07, 6.45) is 0.802. The van der Waals surface area contributed by atoms with Crippen LogP contribution < -0.4 is 15.8 Å². The quantitative estimate of drug-likeness (QED) is 0.408. The van der Waals surface area contributed by atoms with Crippen LogP contribution in [0.4, 0.5) is 11.4 Å². The Kier molecular flexibility index (Phi) is 6.50. The lowest BCUT2D eigenvalue weighted by Gasteiger charge is -2.28. The number of thioether (sulfide) groups is 1. The molecular weight excluding hydrogens is 452 g/mol. The first-order valence-corrected chi connectivity index (χ1v) is 12.4. The second-order valence-corrected chi connectivity index (χ2v) is 9.02. The Bertz CT molecular complexity index is 1380. The molecule has 1 amide bonds. The van der Waals surface area contributed by atoms with Crippen LogP contribution in [0, 0.1) is 0 Å². The first-order valence-electron chi connectivity index (χ1n) is 11.4. The van der Waals surface area contributed by atoms with E-state index in [1.807, 2.05) is 59.9 Å². The van der Waals surface area contributed by atoms with Crippen molar-refractivity contribution in [1.29, 1.82) is 0 Å². The number of carbonyl (C=O) groups excluding carboxylic acids is 1. The smallest absolute Gasteiger partial charge is 0.262 e. The normalized spacial score (nSPS) is 14.1. The fourth-order valence-corrected chi connectivity index (χ4v) is 4.90. The van der Waals surface area contributed by atoms with Crippen molar-refractivity contribution < 1.29 is 9.53 Å². The first kappa shape index (κ1) is 22.4. The van der Waals surface area contributed by atoms with Crippen molar-refractivity contribution in [3.63, 3.8) is 0 Å². The van der Waals surface area contributed by atoms with Gasteiger partial charge in [-0.25, -0.2) is 0 Å². The highest BCUT2D eigenvalue weighted by molar-refractivity contribution is 7.99. The summed E-state index contributed by atoms with van der Waals surface area (Å²) >= 11 is 1.30. The molecule has 3 heterocycles. The van der Waals surface area contributed by atoms with E-state index < -0.39 is 0 Å². The van der Waals surface area contributed by atoms with Crippen molar-refractivity contribution in [2.45, 2.75) is 25.0 Å². The maximum atomic E-state index is 12.9. The second kappa shape index (κ2) is 9.86. The molecule has 2 aromatic heterocycles. The van der Waals surface area contributed by atoms with Gasteiger partial charge in [0, 0.05) is 31.0 Å². The van der Waals surface area contributed by atoms with Gasteiger partial charge in [-0.05, 0) is 42.8 Å². The second-order valence-electron chi connectivity index (χ2n) is 8.08. The fraction of sp³-hybridized carbons (Fsp3) is 0.333. The van der Waals surface area contributed by atoms with Crippen molar-refractivity contribution >= 4 is 45.7 Å². The monoisotopic (exact) mass is 478 g/mol. The van der Waals surface area contributed by atoms with Crippen LogP contribution in [-0.2, 0) is 16.1 Å². The molecule has 9 nitrogen and oxygen atoms in total. The maximum absolute atomic E-state index is 12.9. The standard InChI is InChI=1S/C24H26N6O3S/c1-2-11-29-22(32)19-5-3-4-6-20(19)30-23(29)26-27-24(30)34-16-21(31)25-17-7-9-18(10-8-17)28-12-14-33-15-13-28/h3-10H,2,11-16H2,1H3,(H,25,31). The predicted octanol–water partition coefficient (Wildman–Crippen LogP) is 3.02. The Morgan fingerprint density at radius 1 is 1.09 bits per heavy atom. The number of aromatic nitrogens is 4. The van der Waals surface area contributed by atoms with E-state index >= 15 is 0 Å². The fourth-order valence-electron chi connectivity index (χ4n) is 4.16. The van der Waals surface area contributed by atoms with Crippen molar-refractivity contribution in [2.24, 2.45) is 0 Å². The van der Waals surface area contributed by atoms with Gasteiger partial charge in [-0.15, -0.1) is 10.2 Å². The van der Waals surface area contributed by atoms with Crippen LogP contribution in [0.25, 0.3) is 16.7 Å². The van der Waals surface area contributed by atoms with E-state index in [1.165, 1.54) is 11.8 Å². The summed E-state index contributed by atoms with van der Waals surface area (Å²) in [5.74, 6) is 0.534. The highest BCUT2D eigenvalue weighted by Gasteiger charge is 2.17. The summed E-state index contributed by atoms with van der Waals surface area (Å²) in [4.78, 5) is 27.9. The molecule has 0 saturated carbocycles. The number of nitrogens with zero attached hydrogens (tertiary/aromatic N) is 5. The Labute approximate surface area is 200 Å². The van der Waals surface area contributed by atoms with E-state index in [0.29, 0.717) is 22.9 Å². The Hall–Kier alpha value is -3.37. The number of carbonyl (C=O) groups is 1. The summed E-state index contributed by atoms with van der Waals surface area (Å²) in [6.45, 7) is 5.78. The van der Waals surface area contributed by atoms with E-state index in [-0.39, 0.29) is 17.2 Å². The molecule has 2 aromatic carbocycles. The van der Waals surface area contributed by atoms with Gasteiger partial charge in [0.25, 0.3) is 5.56 Å². The highest BCUT2D eigenvalue weighted by atomic mass is 32.2. The zero-order valence-electron chi connectivity index (χ0n) is 18.9. The number of nitrogens with one attached hydrogen (secondary N) is 1. The Morgan fingerprint density at radius 2 is 1.85 bits per heavy atom. The third-order valence-corrected chi connectivity index (χ3v) is 6.71. The number of benzene rings is 2. The zero-order chi connectivity index (χ0) is 23.5. The number of aryl methyl sites for hydroxylation is 1. The van der Waals surface area contributed by atoms with Crippen LogP contribution in [0.15, 0.2) is 58.5 Å². The number of rotatable bonds is 7. The number of ether oxygens (including phenoxy) is 1. The largest absolute Gasteiger partial charge is 0.378 e. The van der Waals surface area contributed by atoms with Crippen LogP contribution in [0.5, 0.6) is 0 Å². The summed E-state index contributed by atoms with van der Waals surface area (Å²) in [6, 6.07) is 15.3. The third kappa shape index (κ3) is 4.38. The van der Waals surface area contributed by atoms with E-state index in [4.69, 9.17) is 4.74 Å². The lowest BCUT2D eigenvalue weighted by molar-refractivity contribution is -0.113. The van der Waals surface area contributed by atoms with Gasteiger partial charge in [-0.3, -0.25) is 18.6 Å². The van der Waals surface area contributed by atoms with Crippen LogP contribution >= 0.6 is 11.8 Å². The summed E-state index contributed by atoms with van der Waals surface area (Å²) < 4.78 is 8.91. The molecule has 4 aromatic rings. The van der Waals surface area contributed by atoms with Crippen LogP contribution in [0.3, 0.4) is 0 Å². The molecule has 1 aliphatic rings. The lowest BCUT2D eigenvalue weighted by Crippen LogP contribution is -2.36. The molecule has 0 aliphatic carbocycles. The van der Waals surface area contributed by atoms with Crippen LogP contribution in [0.1, 0.15) is 13.3 Å². The van der Waals surface area contributed by atoms with E-state index in [2.05, 4.69) is 20.4 Å². The van der Waals surface area contributed by atoms with Crippen molar-refractivity contribution in [2.75, 3.05) is 42.3 Å². The van der Waals surface area contributed by atoms with Gasteiger partial charge in [-0.1, -0.05) is 30.8 Å². The lowest BCUT2D eigenvalue weighted by atomic mass is 10.2. The first-order chi connectivity index (χ1) is 16.7. The molecule has 5 rings (SSSR count). The number of hydrogen-bond acceptors (Lipinski definition) is 7. The molecule has 0 radical (unpaired) electrons. The average molecular weight is 479 g/mol. The SMILES string of the molecule is CCCn1c(=O)c2ccccc2n2c(SCC(=O)Nc3ccc(N4CCOCC4)cc3)nnc12. The van der Waals surface area contributed by atoms with E-state index in [0.717, 1.165) is 49.6 Å². The minimum absolute atomic E-state index is 0.0767. The maximum Gasteiger partial charge on any atom is 0.262 e. The van der Waals surface area contributed by atoms with Crippen molar-refractivity contribution in [3.05, 3.63) is 58.9 Å². The number of amides is 1. The van der Waals surface area contributed by atoms with E-state index in [1.54, 1.807) is 4.57 Å². The van der Waals surface area contributed by atoms with Gasteiger partial charge in [0.2, 0.25) is 11.7 Å². The molecule has 1 aliphatic heterocycles. The highest BCUT2D eigenvalue weighted by Crippen LogP contribution is 2.23. The topological polar surface area (TPSA) is 93.8 Å². The molecule has 1 saturated heterocycles. The number of hydrogen-bond donors (Lipinski definition) is 1. The average Bonchev–Trinajstić information content (AvgIpc) is 3.30. The number of para-hydroxylation sites is 1. The van der Waals surface area contributed by atoms with Gasteiger partial charge in [0.05, 0.1) is 29.9 Å². The molecule has 1 N–H and O–H groups in total. The van der Waals surface area contributed by atoms with E-state index in [9.17, 15) is 9.59 Å². The summed E-state index contributed by atoms with van der Waals surface area (Å²) in [7, 11) is 0. The molecule has 1 fully saturated rings.